The van der Waals surface area contributed by atoms with E-state index in [-0.39, 0.29) is 11.9 Å². The minimum atomic E-state index is -3.50. The molecule has 1 unspecified atom stereocenters. The number of pyridine rings is 1. The summed E-state index contributed by atoms with van der Waals surface area (Å²) in [7, 11) is -0.568. The summed E-state index contributed by atoms with van der Waals surface area (Å²) >= 11 is 7.43. The van der Waals surface area contributed by atoms with Crippen LogP contribution >= 0.6 is 22.9 Å². The molecule has 10 heteroatoms. The van der Waals surface area contributed by atoms with Crippen LogP contribution in [0.25, 0.3) is 10.2 Å². The Morgan fingerprint density at radius 2 is 2.25 bits per heavy atom. The Hall–Kier alpha value is -1.26. The second-order valence-electron chi connectivity index (χ2n) is 5.76. The second kappa shape index (κ2) is 6.57. The summed E-state index contributed by atoms with van der Waals surface area (Å²) in [6.07, 6.45) is 2.19. The van der Waals surface area contributed by atoms with Crippen molar-refractivity contribution in [3.63, 3.8) is 0 Å². The van der Waals surface area contributed by atoms with E-state index in [1.165, 1.54) is 25.4 Å². The van der Waals surface area contributed by atoms with Crippen molar-refractivity contribution in [3.8, 4) is 0 Å². The molecule has 0 aromatic carbocycles. The molecule has 1 atom stereocenters. The Labute approximate surface area is 149 Å². The van der Waals surface area contributed by atoms with E-state index in [0.717, 1.165) is 9.01 Å². The number of aromatic nitrogens is 1. The molecule has 1 fully saturated rings. The molecule has 0 aliphatic carbocycles. The van der Waals surface area contributed by atoms with Gasteiger partial charge in [0.15, 0.2) is 0 Å². The summed E-state index contributed by atoms with van der Waals surface area (Å²) in [5, 5.41) is 0.571. The zero-order valence-corrected chi connectivity index (χ0v) is 15.6. The highest BCUT2D eigenvalue weighted by Crippen LogP contribution is 2.31. The van der Waals surface area contributed by atoms with Crippen molar-refractivity contribution < 1.29 is 13.2 Å². The number of nitrogens with one attached hydrogen (secondary N) is 1. The summed E-state index contributed by atoms with van der Waals surface area (Å²) in [5.41, 5.74) is 0.694. The predicted octanol–water partition coefficient (Wildman–Crippen LogP) is 1.56. The van der Waals surface area contributed by atoms with E-state index < -0.39 is 10.2 Å². The van der Waals surface area contributed by atoms with Crippen molar-refractivity contribution >= 4 is 49.3 Å². The van der Waals surface area contributed by atoms with Gasteiger partial charge in [-0.25, -0.2) is 0 Å². The van der Waals surface area contributed by atoms with Crippen LogP contribution in [0.4, 0.5) is 0 Å². The molecule has 7 nitrogen and oxygen atoms in total. The largest absolute Gasteiger partial charge is 0.336 e. The van der Waals surface area contributed by atoms with E-state index >= 15 is 0 Å². The summed E-state index contributed by atoms with van der Waals surface area (Å²) in [5.74, 6) is -0.124. The number of amides is 1. The summed E-state index contributed by atoms with van der Waals surface area (Å²) in [6, 6.07) is 3.14. The van der Waals surface area contributed by atoms with Crippen molar-refractivity contribution in [1.29, 1.82) is 0 Å². The highest BCUT2D eigenvalue weighted by Gasteiger charge is 2.31. The molecule has 130 valence electrons. The maximum absolute atomic E-state index is 12.7. The van der Waals surface area contributed by atoms with Crippen LogP contribution in [0.1, 0.15) is 16.1 Å². The Kier molecular flexibility index (Phi) is 4.80. The van der Waals surface area contributed by atoms with Gasteiger partial charge in [-0.15, -0.1) is 11.3 Å². The van der Waals surface area contributed by atoms with E-state index in [1.807, 2.05) is 0 Å². The van der Waals surface area contributed by atoms with Crippen molar-refractivity contribution in [2.75, 3.05) is 27.2 Å². The number of hydrogen-bond acceptors (Lipinski definition) is 5. The SMILES string of the molecule is CN(C)S(=O)(=O)NC1CCN(C(=O)c2cc3nccc(Cl)c3s2)C1. The third-order valence-corrected chi connectivity index (χ3v) is 7.01. The van der Waals surface area contributed by atoms with E-state index in [0.29, 0.717) is 34.9 Å². The molecule has 2 aromatic heterocycles. The third kappa shape index (κ3) is 3.40. The number of halogens is 1. The van der Waals surface area contributed by atoms with E-state index in [1.54, 1.807) is 23.2 Å². The maximum atomic E-state index is 12.7. The number of hydrogen-bond donors (Lipinski definition) is 1. The summed E-state index contributed by atoms with van der Waals surface area (Å²) in [4.78, 5) is 19.1. The number of carbonyl (C=O) groups excluding carboxylic acids is 1. The number of rotatable bonds is 4. The smallest absolute Gasteiger partial charge is 0.279 e. The molecule has 1 aliphatic heterocycles. The van der Waals surface area contributed by atoms with Gasteiger partial charge in [0.1, 0.15) is 0 Å². The predicted molar refractivity (Wildman–Crippen MR) is 94.7 cm³/mol. The highest BCUT2D eigenvalue weighted by atomic mass is 35.5. The maximum Gasteiger partial charge on any atom is 0.279 e. The van der Waals surface area contributed by atoms with Crippen LogP contribution in [0.15, 0.2) is 18.3 Å². The molecule has 0 spiro atoms. The lowest BCUT2D eigenvalue weighted by Gasteiger charge is -2.18. The molecular formula is C14H17ClN4O3S2. The van der Waals surface area contributed by atoms with Gasteiger partial charge in [0.25, 0.3) is 16.1 Å². The first-order valence-electron chi connectivity index (χ1n) is 7.31. The Morgan fingerprint density at radius 3 is 2.92 bits per heavy atom. The van der Waals surface area contributed by atoms with Gasteiger partial charge in [-0.1, -0.05) is 11.6 Å². The van der Waals surface area contributed by atoms with Crippen LogP contribution in [-0.4, -0.2) is 61.7 Å². The first-order valence-corrected chi connectivity index (χ1v) is 9.94. The van der Waals surface area contributed by atoms with Crippen molar-refractivity contribution in [1.82, 2.24) is 18.9 Å². The van der Waals surface area contributed by atoms with Crippen LogP contribution in [0, 0.1) is 0 Å². The molecule has 2 aromatic rings. The molecule has 3 heterocycles. The van der Waals surface area contributed by atoms with E-state index in [4.69, 9.17) is 11.6 Å². The fraction of sp³-hybridized carbons (Fsp3) is 0.429. The normalized spacial score (nSPS) is 18.7. The quantitative estimate of drug-likeness (QED) is 0.861. The zero-order chi connectivity index (χ0) is 17.5. The Morgan fingerprint density at radius 1 is 1.50 bits per heavy atom. The van der Waals surface area contributed by atoms with Crippen molar-refractivity contribution in [3.05, 3.63) is 28.2 Å². The molecule has 24 heavy (non-hydrogen) atoms. The Bertz CT molecular complexity index is 881. The average molecular weight is 389 g/mol. The van der Waals surface area contributed by atoms with Gasteiger partial charge in [0.05, 0.1) is 20.1 Å². The van der Waals surface area contributed by atoms with Crippen molar-refractivity contribution in [2.24, 2.45) is 0 Å². The molecule has 0 radical (unpaired) electrons. The van der Waals surface area contributed by atoms with E-state index in [2.05, 4.69) is 9.71 Å². The monoisotopic (exact) mass is 388 g/mol. The fourth-order valence-corrected chi connectivity index (χ4v) is 4.61. The number of nitrogens with zero attached hydrogens (tertiary/aromatic N) is 3. The molecule has 3 rings (SSSR count). The fourth-order valence-electron chi connectivity index (χ4n) is 2.53. The van der Waals surface area contributed by atoms with Crippen LogP contribution in [0.5, 0.6) is 0 Å². The molecule has 1 amide bonds. The average Bonchev–Trinajstić information content (AvgIpc) is 3.13. The molecule has 1 saturated heterocycles. The zero-order valence-electron chi connectivity index (χ0n) is 13.2. The van der Waals surface area contributed by atoms with Crippen LogP contribution in [0.3, 0.4) is 0 Å². The first-order chi connectivity index (χ1) is 11.3. The van der Waals surface area contributed by atoms with Crippen molar-refractivity contribution in [2.45, 2.75) is 12.5 Å². The lowest BCUT2D eigenvalue weighted by Crippen LogP contribution is -2.43. The summed E-state index contributed by atoms with van der Waals surface area (Å²) in [6.45, 7) is 0.857. The topological polar surface area (TPSA) is 82.6 Å². The minimum absolute atomic E-state index is 0.124. The van der Waals surface area contributed by atoms with Gasteiger partial charge >= 0.3 is 0 Å². The van der Waals surface area contributed by atoms with Gasteiger partial charge in [-0.2, -0.15) is 17.4 Å². The lowest BCUT2D eigenvalue weighted by atomic mass is 10.3. The number of carbonyl (C=O) groups is 1. The second-order valence-corrected chi connectivity index (χ2v) is 9.14. The number of likely N-dealkylation sites (tertiary alicyclic amines) is 1. The molecule has 1 N–H and O–H groups in total. The van der Waals surface area contributed by atoms with Gasteiger partial charge in [0, 0.05) is 39.4 Å². The van der Waals surface area contributed by atoms with E-state index in [9.17, 15) is 13.2 Å². The number of thiophene rings is 1. The minimum Gasteiger partial charge on any atom is -0.336 e. The highest BCUT2D eigenvalue weighted by molar-refractivity contribution is 7.87. The van der Waals surface area contributed by atoms with Crippen LogP contribution < -0.4 is 4.72 Å². The lowest BCUT2D eigenvalue weighted by molar-refractivity contribution is 0.0795. The summed E-state index contributed by atoms with van der Waals surface area (Å²) < 4.78 is 28.3. The van der Waals surface area contributed by atoms with Gasteiger partial charge in [0.2, 0.25) is 0 Å². The number of fused-ring (bicyclic) bond motifs is 1. The van der Waals surface area contributed by atoms with Crippen LogP contribution in [0.2, 0.25) is 5.02 Å². The molecule has 0 saturated carbocycles. The molecule has 0 bridgehead atoms. The third-order valence-electron chi connectivity index (χ3n) is 3.85. The molecule has 1 aliphatic rings. The first kappa shape index (κ1) is 17.6. The Balaban J connectivity index is 1.73. The molecular weight excluding hydrogens is 372 g/mol. The van der Waals surface area contributed by atoms with Gasteiger partial charge in [-0.3, -0.25) is 9.78 Å². The van der Waals surface area contributed by atoms with Gasteiger partial charge in [-0.05, 0) is 18.6 Å². The standard InChI is InChI=1S/C14H17ClN4O3S2/c1-18(2)24(21,22)17-9-4-6-19(8-9)14(20)12-7-11-13(23-12)10(15)3-5-16-11/h3,5,7,9,17H,4,6,8H2,1-2H3. The van der Waals surface area contributed by atoms with Gasteiger partial charge < -0.3 is 4.90 Å². The van der Waals surface area contributed by atoms with Crippen LogP contribution in [-0.2, 0) is 10.2 Å².